The summed E-state index contributed by atoms with van der Waals surface area (Å²) in [5.41, 5.74) is -1.35. The molecule has 0 saturated carbocycles. The first-order chi connectivity index (χ1) is 8.32. The van der Waals surface area contributed by atoms with Gasteiger partial charge in [-0.15, -0.1) is 0 Å². The van der Waals surface area contributed by atoms with Crippen molar-refractivity contribution in [2.75, 3.05) is 7.11 Å². The van der Waals surface area contributed by atoms with Gasteiger partial charge in [-0.3, -0.25) is 9.59 Å². The molecule has 0 fully saturated rings. The lowest BCUT2D eigenvalue weighted by Crippen LogP contribution is -2.39. The van der Waals surface area contributed by atoms with Crippen molar-refractivity contribution in [2.24, 2.45) is 5.41 Å². The molecule has 1 atom stereocenters. The molecule has 0 bridgehead atoms. The smallest absolute Gasteiger partial charge is 0.323 e. The Balaban J connectivity index is 3.16. The number of carboxylic acids is 1. The molecule has 0 aliphatic rings. The molecule has 0 heterocycles. The number of halogens is 2. The standard InChI is InChI=1S/C12H12BrFO4/c1-12(10(15)16,11(17)18-2)6-7-4-3-5-8(14)9(7)13/h3-5H,6H2,1-2H3,(H,15,16). The number of methoxy groups -OCH3 is 1. The van der Waals surface area contributed by atoms with Gasteiger partial charge in [0.05, 0.1) is 11.6 Å². The van der Waals surface area contributed by atoms with Crippen LogP contribution in [0.4, 0.5) is 4.39 Å². The highest BCUT2D eigenvalue weighted by atomic mass is 79.9. The van der Waals surface area contributed by atoms with E-state index in [2.05, 4.69) is 20.7 Å². The third-order valence-corrected chi connectivity index (χ3v) is 3.57. The SMILES string of the molecule is COC(=O)C(C)(Cc1cccc(F)c1Br)C(=O)O. The van der Waals surface area contributed by atoms with Crippen LogP contribution >= 0.6 is 15.9 Å². The molecular weight excluding hydrogens is 307 g/mol. The predicted molar refractivity (Wildman–Crippen MR) is 65.6 cm³/mol. The highest BCUT2D eigenvalue weighted by molar-refractivity contribution is 9.10. The second-order valence-corrected chi connectivity index (χ2v) is 4.81. The number of carbonyl (C=O) groups is 2. The zero-order valence-corrected chi connectivity index (χ0v) is 11.5. The largest absolute Gasteiger partial charge is 0.480 e. The number of carboxylic acid groups (broad SMARTS) is 1. The van der Waals surface area contributed by atoms with Crippen LogP contribution in [0.5, 0.6) is 0 Å². The van der Waals surface area contributed by atoms with E-state index in [1.165, 1.54) is 19.1 Å². The third-order valence-electron chi connectivity index (χ3n) is 2.68. The Morgan fingerprint density at radius 3 is 2.61 bits per heavy atom. The fraction of sp³-hybridized carbons (Fsp3) is 0.333. The molecule has 0 aliphatic heterocycles. The second kappa shape index (κ2) is 5.48. The Labute approximate surface area is 112 Å². The van der Waals surface area contributed by atoms with Gasteiger partial charge < -0.3 is 9.84 Å². The zero-order chi connectivity index (χ0) is 13.9. The maximum atomic E-state index is 13.3. The number of rotatable bonds is 4. The van der Waals surface area contributed by atoms with E-state index in [9.17, 15) is 14.0 Å². The minimum absolute atomic E-state index is 0.154. The predicted octanol–water partition coefficient (Wildman–Crippen LogP) is 2.39. The van der Waals surface area contributed by atoms with E-state index in [0.29, 0.717) is 5.56 Å². The van der Waals surface area contributed by atoms with Gasteiger partial charge in [0.15, 0.2) is 5.41 Å². The van der Waals surface area contributed by atoms with Crippen LogP contribution in [0.15, 0.2) is 22.7 Å². The molecule has 0 aliphatic carbocycles. The minimum atomic E-state index is -1.74. The lowest BCUT2D eigenvalue weighted by molar-refractivity contribution is -0.165. The van der Waals surface area contributed by atoms with Crippen molar-refractivity contribution in [3.8, 4) is 0 Å². The first-order valence-electron chi connectivity index (χ1n) is 5.07. The van der Waals surface area contributed by atoms with Gasteiger partial charge in [-0.2, -0.15) is 0 Å². The highest BCUT2D eigenvalue weighted by Crippen LogP contribution is 2.30. The molecule has 0 radical (unpaired) electrons. The molecule has 6 heteroatoms. The summed E-state index contributed by atoms with van der Waals surface area (Å²) in [5, 5.41) is 9.15. The number of esters is 1. The second-order valence-electron chi connectivity index (χ2n) is 4.02. The van der Waals surface area contributed by atoms with E-state index in [1.54, 1.807) is 6.07 Å². The van der Waals surface area contributed by atoms with Crippen molar-refractivity contribution >= 4 is 27.9 Å². The van der Waals surface area contributed by atoms with E-state index >= 15 is 0 Å². The van der Waals surface area contributed by atoms with Gasteiger partial charge in [0.25, 0.3) is 0 Å². The topological polar surface area (TPSA) is 63.6 Å². The first-order valence-corrected chi connectivity index (χ1v) is 5.87. The molecule has 1 rings (SSSR count). The van der Waals surface area contributed by atoms with Crippen molar-refractivity contribution in [1.29, 1.82) is 0 Å². The Bertz CT molecular complexity index is 489. The maximum absolute atomic E-state index is 13.3. The van der Waals surface area contributed by atoms with E-state index in [4.69, 9.17) is 5.11 Å². The fourth-order valence-electron chi connectivity index (χ4n) is 1.53. The average molecular weight is 319 g/mol. The lowest BCUT2D eigenvalue weighted by atomic mass is 9.83. The monoisotopic (exact) mass is 318 g/mol. The normalized spacial score (nSPS) is 13.8. The molecule has 4 nitrogen and oxygen atoms in total. The number of aliphatic carboxylic acids is 1. The van der Waals surface area contributed by atoms with Crippen LogP contribution in [0.2, 0.25) is 0 Å². The van der Waals surface area contributed by atoms with Gasteiger partial charge >= 0.3 is 11.9 Å². The van der Waals surface area contributed by atoms with Crippen LogP contribution in [0.3, 0.4) is 0 Å². The van der Waals surface area contributed by atoms with Gasteiger partial charge in [-0.25, -0.2) is 4.39 Å². The first kappa shape index (κ1) is 14.6. The highest BCUT2D eigenvalue weighted by Gasteiger charge is 2.43. The summed E-state index contributed by atoms with van der Waals surface area (Å²) in [6.07, 6.45) is -0.159. The van der Waals surface area contributed by atoms with E-state index < -0.39 is 23.2 Å². The Kier molecular flexibility index (Phi) is 4.45. The molecule has 0 spiro atoms. The summed E-state index contributed by atoms with van der Waals surface area (Å²) >= 11 is 3.03. The quantitative estimate of drug-likeness (QED) is 0.684. The summed E-state index contributed by atoms with van der Waals surface area (Å²) in [5.74, 6) is -2.69. The van der Waals surface area contributed by atoms with Gasteiger partial charge in [-0.05, 0) is 34.5 Å². The van der Waals surface area contributed by atoms with Gasteiger partial charge in [0, 0.05) is 6.42 Å². The Hall–Kier alpha value is -1.43. The van der Waals surface area contributed by atoms with E-state index in [1.807, 2.05) is 0 Å². The Morgan fingerprint density at radius 2 is 2.11 bits per heavy atom. The molecule has 1 N–H and O–H groups in total. The van der Waals surface area contributed by atoms with Crippen LogP contribution in [0.25, 0.3) is 0 Å². The number of hydrogen-bond donors (Lipinski definition) is 1. The van der Waals surface area contributed by atoms with Crippen molar-refractivity contribution < 1.29 is 23.8 Å². The molecule has 1 aromatic carbocycles. The van der Waals surface area contributed by atoms with Crippen molar-refractivity contribution in [3.63, 3.8) is 0 Å². The maximum Gasteiger partial charge on any atom is 0.323 e. The summed E-state index contributed by atoms with van der Waals surface area (Å²) in [4.78, 5) is 22.8. The summed E-state index contributed by atoms with van der Waals surface area (Å²) in [6.45, 7) is 1.25. The van der Waals surface area contributed by atoms with Crippen LogP contribution in [-0.4, -0.2) is 24.2 Å². The zero-order valence-electron chi connectivity index (χ0n) is 9.87. The third kappa shape index (κ3) is 2.69. The summed E-state index contributed by atoms with van der Waals surface area (Å²) < 4.78 is 18.0. The van der Waals surface area contributed by atoms with Gasteiger partial charge in [0.1, 0.15) is 5.82 Å². The van der Waals surface area contributed by atoms with Crippen LogP contribution < -0.4 is 0 Å². The minimum Gasteiger partial charge on any atom is -0.480 e. The Morgan fingerprint density at radius 1 is 1.50 bits per heavy atom. The molecule has 0 amide bonds. The number of hydrogen-bond acceptors (Lipinski definition) is 3. The fourth-order valence-corrected chi connectivity index (χ4v) is 1.93. The molecule has 1 aromatic rings. The average Bonchev–Trinajstić information content (AvgIpc) is 2.33. The van der Waals surface area contributed by atoms with Crippen LogP contribution in [-0.2, 0) is 20.7 Å². The summed E-state index contributed by atoms with van der Waals surface area (Å²) in [6, 6.07) is 4.25. The van der Waals surface area contributed by atoms with Gasteiger partial charge in [0.2, 0.25) is 0 Å². The molecular formula is C12H12BrFO4. The van der Waals surface area contributed by atoms with Crippen molar-refractivity contribution in [2.45, 2.75) is 13.3 Å². The molecule has 0 saturated heterocycles. The number of ether oxygens (including phenoxy) is 1. The van der Waals surface area contributed by atoms with Crippen LogP contribution in [0, 0.1) is 11.2 Å². The van der Waals surface area contributed by atoms with Gasteiger partial charge in [-0.1, -0.05) is 12.1 Å². The van der Waals surface area contributed by atoms with E-state index in [0.717, 1.165) is 7.11 Å². The van der Waals surface area contributed by atoms with Crippen molar-refractivity contribution in [3.05, 3.63) is 34.1 Å². The number of carbonyl (C=O) groups excluding carboxylic acids is 1. The van der Waals surface area contributed by atoms with Crippen LogP contribution in [0.1, 0.15) is 12.5 Å². The molecule has 98 valence electrons. The summed E-state index contributed by atoms with van der Waals surface area (Å²) in [7, 11) is 1.12. The van der Waals surface area contributed by atoms with E-state index in [-0.39, 0.29) is 10.9 Å². The molecule has 18 heavy (non-hydrogen) atoms. The van der Waals surface area contributed by atoms with Crippen molar-refractivity contribution in [1.82, 2.24) is 0 Å². The lowest BCUT2D eigenvalue weighted by Gasteiger charge is -2.22. The number of benzene rings is 1. The molecule has 1 unspecified atom stereocenters. The molecule has 0 aromatic heterocycles.